The van der Waals surface area contributed by atoms with Gasteiger partial charge in [-0.25, -0.2) is 0 Å². The van der Waals surface area contributed by atoms with E-state index in [0.717, 1.165) is 6.92 Å². The van der Waals surface area contributed by atoms with Gasteiger partial charge in [-0.2, -0.15) is 0 Å². The second kappa shape index (κ2) is 11.4. The third-order valence-electron chi connectivity index (χ3n) is 0.957. The molecule has 0 amide bonds. The minimum absolute atomic E-state index is 0.833. The first kappa shape index (κ1) is 14.9. The fourth-order valence-corrected chi connectivity index (χ4v) is 0.625. The predicted octanol–water partition coefficient (Wildman–Crippen LogP) is 0.0891. The van der Waals surface area contributed by atoms with E-state index in [2.05, 4.69) is 5.32 Å². The Morgan fingerprint density at radius 1 is 1.31 bits per heavy atom. The summed E-state index contributed by atoms with van der Waals surface area (Å²) in [5, 5.41) is 10.6. The van der Waals surface area contributed by atoms with Crippen molar-refractivity contribution in [2.75, 3.05) is 13.1 Å². The van der Waals surface area contributed by atoms with Gasteiger partial charge in [0.2, 0.25) is 0 Å². The molecule has 0 atom stereocenters. The molecule has 0 aromatic carbocycles. The Bertz CT molecular complexity index is 120. The van der Waals surface area contributed by atoms with E-state index in [-0.39, 0.29) is 0 Å². The zero-order valence-electron chi connectivity index (χ0n) is 7.43. The van der Waals surface area contributed by atoms with Gasteiger partial charge < -0.3 is 10.4 Å². The first-order chi connectivity index (χ1) is 5.96. The van der Waals surface area contributed by atoms with Gasteiger partial charge in [0.15, 0.2) is 0 Å². The van der Waals surface area contributed by atoms with Gasteiger partial charge in [0.1, 0.15) is 0 Å². The van der Waals surface area contributed by atoms with Gasteiger partial charge >= 0.3 is 8.25 Å². The Morgan fingerprint density at radius 3 is 1.62 bits per heavy atom. The van der Waals surface area contributed by atoms with Gasteiger partial charge in [-0.15, -0.1) is 9.79 Å². The molecule has 0 saturated carbocycles. The highest BCUT2D eigenvalue weighted by molar-refractivity contribution is 7.30. The Labute approximate surface area is 77.5 Å². The van der Waals surface area contributed by atoms with E-state index in [9.17, 15) is 0 Å². The highest BCUT2D eigenvalue weighted by Gasteiger charge is 1.93. The normalized spacial score (nSPS) is 13.2. The van der Waals surface area contributed by atoms with Crippen LogP contribution in [0.3, 0.4) is 0 Å². The molecule has 4 N–H and O–H groups in total. The standard InChI is InChI=1S/C4H9N.C2H4O2.HO3P/c1-2-4-5-3-1;1-2(3)4;1-4(2)3/h5H,1-4H2;1H3,(H,3,4);(H-,1,2,3)/p+1. The minimum Gasteiger partial charge on any atom is -0.481 e. The molecular weight excluding hydrogens is 197 g/mol. The number of hydrogen-bond acceptors (Lipinski definition) is 3. The number of aliphatic carboxylic acids is 1. The number of carbonyl (C=O) groups is 1. The van der Waals surface area contributed by atoms with Crippen LogP contribution in [0.4, 0.5) is 0 Å². The number of rotatable bonds is 0. The molecule has 0 aliphatic carbocycles. The van der Waals surface area contributed by atoms with Crippen LogP contribution in [-0.2, 0) is 9.36 Å². The van der Waals surface area contributed by atoms with Crippen molar-refractivity contribution in [1.29, 1.82) is 0 Å². The summed E-state index contributed by atoms with van der Waals surface area (Å²) in [5.74, 6) is -0.833. The Kier molecular flexibility index (Phi) is 13.2. The van der Waals surface area contributed by atoms with Gasteiger partial charge in [-0.05, 0) is 25.9 Å². The summed E-state index contributed by atoms with van der Waals surface area (Å²) < 4.78 is 8.70. The molecule has 6 nitrogen and oxygen atoms in total. The average Bonchev–Trinajstić information content (AvgIpc) is 2.35. The van der Waals surface area contributed by atoms with E-state index in [1.807, 2.05) is 0 Å². The highest BCUT2D eigenvalue weighted by Crippen LogP contribution is 1.98. The van der Waals surface area contributed by atoms with Crippen LogP contribution in [0.25, 0.3) is 0 Å². The lowest BCUT2D eigenvalue weighted by atomic mass is 10.4. The molecule has 1 rings (SSSR count). The lowest BCUT2D eigenvalue weighted by molar-refractivity contribution is -0.134. The largest absolute Gasteiger partial charge is 0.692 e. The molecule has 78 valence electrons. The molecule has 1 saturated heterocycles. The van der Waals surface area contributed by atoms with Crippen molar-refractivity contribution in [3.8, 4) is 0 Å². The topological polar surface area (TPSA) is 107 Å². The van der Waals surface area contributed by atoms with E-state index >= 15 is 0 Å². The van der Waals surface area contributed by atoms with Gasteiger partial charge in [0.25, 0.3) is 5.97 Å². The lowest BCUT2D eigenvalue weighted by Gasteiger charge is -1.76. The van der Waals surface area contributed by atoms with Crippen molar-refractivity contribution in [2.24, 2.45) is 0 Å². The van der Waals surface area contributed by atoms with Gasteiger partial charge in [0.05, 0.1) is 0 Å². The summed E-state index contributed by atoms with van der Waals surface area (Å²) in [4.78, 5) is 23.2. The third kappa shape index (κ3) is 51.6. The van der Waals surface area contributed by atoms with Crippen LogP contribution in [0.1, 0.15) is 19.8 Å². The van der Waals surface area contributed by atoms with Crippen LogP contribution < -0.4 is 5.32 Å². The Balaban J connectivity index is 0. The fraction of sp³-hybridized carbons (Fsp3) is 0.833. The summed E-state index contributed by atoms with van der Waals surface area (Å²) in [6.07, 6.45) is 2.78. The Morgan fingerprint density at radius 2 is 1.54 bits per heavy atom. The predicted molar refractivity (Wildman–Crippen MR) is 47.5 cm³/mol. The Hall–Kier alpha value is -0.550. The fourth-order valence-electron chi connectivity index (χ4n) is 0.625. The van der Waals surface area contributed by atoms with E-state index in [1.165, 1.54) is 25.9 Å². The maximum atomic E-state index is 9.00. The monoisotopic (exact) mass is 212 g/mol. The van der Waals surface area contributed by atoms with Crippen molar-refractivity contribution in [1.82, 2.24) is 5.32 Å². The summed E-state index contributed by atoms with van der Waals surface area (Å²) in [5.41, 5.74) is 0. The molecule has 0 aromatic rings. The first-order valence-electron chi connectivity index (χ1n) is 3.72. The van der Waals surface area contributed by atoms with Crippen molar-refractivity contribution in [3.63, 3.8) is 0 Å². The second-order valence-corrected chi connectivity index (χ2v) is 2.73. The van der Waals surface area contributed by atoms with Gasteiger partial charge in [0, 0.05) is 11.5 Å². The lowest BCUT2D eigenvalue weighted by Crippen LogP contribution is -2.03. The van der Waals surface area contributed by atoms with Gasteiger partial charge in [-0.3, -0.25) is 4.79 Å². The summed E-state index contributed by atoms with van der Waals surface area (Å²) >= 11 is 0. The molecular formula is C6H15NO5P+. The number of nitrogens with one attached hydrogen (secondary N) is 1. The minimum atomic E-state index is -2.87. The average molecular weight is 212 g/mol. The van der Waals surface area contributed by atoms with Crippen LogP contribution in [0.15, 0.2) is 0 Å². The molecule has 0 aromatic heterocycles. The van der Waals surface area contributed by atoms with Crippen molar-refractivity contribution < 1.29 is 24.3 Å². The maximum Gasteiger partial charge on any atom is 0.692 e. The SMILES string of the molecule is C1CCNC1.CC(=O)O.O=[P+](O)O. The van der Waals surface area contributed by atoms with E-state index in [1.54, 1.807) is 0 Å². The number of hydrogen-bond donors (Lipinski definition) is 4. The van der Waals surface area contributed by atoms with Crippen LogP contribution in [0, 0.1) is 0 Å². The third-order valence-corrected chi connectivity index (χ3v) is 0.957. The number of carboxylic acids is 1. The van der Waals surface area contributed by atoms with E-state index in [0.29, 0.717) is 0 Å². The van der Waals surface area contributed by atoms with Crippen LogP contribution >= 0.6 is 8.25 Å². The zero-order valence-corrected chi connectivity index (χ0v) is 8.33. The molecule has 0 spiro atoms. The van der Waals surface area contributed by atoms with Crippen LogP contribution in [0.2, 0.25) is 0 Å². The molecule has 0 radical (unpaired) electrons. The molecule has 13 heavy (non-hydrogen) atoms. The summed E-state index contributed by atoms with van der Waals surface area (Å²) in [6.45, 7) is 3.58. The summed E-state index contributed by atoms with van der Waals surface area (Å²) in [6, 6.07) is 0. The van der Waals surface area contributed by atoms with Crippen molar-refractivity contribution >= 4 is 14.2 Å². The quantitative estimate of drug-likeness (QED) is 0.424. The second-order valence-electron chi connectivity index (χ2n) is 2.23. The van der Waals surface area contributed by atoms with E-state index in [4.69, 9.17) is 24.3 Å². The first-order valence-corrected chi connectivity index (χ1v) is 4.88. The molecule has 1 aliphatic heterocycles. The molecule has 1 heterocycles. The number of carboxylic acid groups (broad SMARTS) is 1. The molecule has 1 fully saturated rings. The van der Waals surface area contributed by atoms with E-state index < -0.39 is 14.2 Å². The van der Waals surface area contributed by atoms with Crippen LogP contribution in [0.5, 0.6) is 0 Å². The molecule has 7 heteroatoms. The zero-order chi connectivity index (χ0) is 10.7. The molecule has 1 aliphatic rings. The van der Waals surface area contributed by atoms with Crippen molar-refractivity contribution in [3.05, 3.63) is 0 Å². The van der Waals surface area contributed by atoms with Crippen LogP contribution in [-0.4, -0.2) is 34.0 Å². The molecule has 0 bridgehead atoms. The summed E-state index contributed by atoms with van der Waals surface area (Å²) in [7, 11) is -2.87. The molecule has 0 unspecified atom stereocenters. The highest BCUT2D eigenvalue weighted by atomic mass is 31.1. The van der Waals surface area contributed by atoms with Gasteiger partial charge in [-0.1, -0.05) is 0 Å². The smallest absolute Gasteiger partial charge is 0.481 e. The maximum absolute atomic E-state index is 9.00. The van der Waals surface area contributed by atoms with Crippen molar-refractivity contribution in [2.45, 2.75) is 19.8 Å².